The normalized spacial score (nSPS) is 11.1. The molecule has 0 amide bonds. The second-order valence-corrected chi connectivity index (χ2v) is 4.58. The van der Waals surface area contributed by atoms with Gasteiger partial charge in [-0.15, -0.1) is 0 Å². The van der Waals surface area contributed by atoms with Gasteiger partial charge < -0.3 is 15.2 Å². The maximum Gasteiger partial charge on any atom is 0.120 e. The number of hydrogen-bond acceptors (Lipinski definition) is 3. The van der Waals surface area contributed by atoms with Crippen LogP contribution in [-0.2, 0) is 11.3 Å². The number of phenols is 1. The predicted octanol–water partition coefficient (Wildman–Crippen LogP) is 2.61. The van der Waals surface area contributed by atoms with Crippen LogP contribution < -0.4 is 5.32 Å². The van der Waals surface area contributed by atoms with Crippen molar-refractivity contribution in [3.05, 3.63) is 29.3 Å². The van der Waals surface area contributed by atoms with Crippen LogP contribution >= 0.6 is 0 Å². The fraction of sp³-hybridized carbons (Fsp3) is 0.571. The minimum atomic E-state index is 0.302. The fourth-order valence-corrected chi connectivity index (χ4v) is 1.60. The van der Waals surface area contributed by atoms with E-state index in [0.29, 0.717) is 18.4 Å². The van der Waals surface area contributed by atoms with Gasteiger partial charge in [-0.1, -0.05) is 17.7 Å². The zero-order chi connectivity index (χ0) is 12.7. The van der Waals surface area contributed by atoms with Gasteiger partial charge in [-0.25, -0.2) is 0 Å². The van der Waals surface area contributed by atoms with Crippen molar-refractivity contribution in [2.45, 2.75) is 39.8 Å². The largest absolute Gasteiger partial charge is 0.508 e. The van der Waals surface area contributed by atoms with Gasteiger partial charge in [0.05, 0.1) is 6.10 Å². The van der Waals surface area contributed by atoms with E-state index in [1.54, 1.807) is 6.07 Å². The van der Waals surface area contributed by atoms with Crippen molar-refractivity contribution < 1.29 is 9.84 Å². The second-order valence-electron chi connectivity index (χ2n) is 4.58. The molecule has 0 unspecified atom stereocenters. The van der Waals surface area contributed by atoms with Crippen LogP contribution in [0.1, 0.15) is 31.4 Å². The first-order valence-corrected chi connectivity index (χ1v) is 6.20. The van der Waals surface area contributed by atoms with Crippen LogP contribution in [0.5, 0.6) is 5.75 Å². The number of benzene rings is 1. The lowest BCUT2D eigenvalue weighted by molar-refractivity contribution is 0.0770. The number of ether oxygens (including phenoxy) is 1. The number of nitrogens with one attached hydrogen (secondary N) is 1. The first kappa shape index (κ1) is 14.0. The van der Waals surface area contributed by atoms with Crippen molar-refractivity contribution >= 4 is 0 Å². The summed E-state index contributed by atoms with van der Waals surface area (Å²) < 4.78 is 5.45. The SMILES string of the molecule is Cc1ccc(O)c(CNCCCOC(C)C)c1. The maximum absolute atomic E-state index is 9.65. The van der Waals surface area contributed by atoms with Gasteiger partial charge in [0.15, 0.2) is 0 Å². The molecule has 1 aromatic carbocycles. The molecule has 0 fully saturated rings. The molecule has 0 saturated heterocycles. The third kappa shape index (κ3) is 5.71. The van der Waals surface area contributed by atoms with Crippen LogP contribution in [0.15, 0.2) is 18.2 Å². The molecule has 0 heterocycles. The fourth-order valence-electron chi connectivity index (χ4n) is 1.60. The average Bonchev–Trinajstić information content (AvgIpc) is 2.27. The highest BCUT2D eigenvalue weighted by atomic mass is 16.5. The monoisotopic (exact) mass is 237 g/mol. The van der Waals surface area contributed by atoms with Crippen molar-refractivity contribution in [1.82, 2.24) is 5.32 Å². The van der Waals surface area contributed by atoms with E-state index < -0.39 is 0 Å². The molecule has 17 heavy (non-hydrogen) atoms. The number of phenolic OH excluding ortho intramolecular Hbond substituents is 1. The topological polar surface area (TPSA) is 41.5 Å². The van der Waals surface area contributed by atoms with Gasteiger partial charge in [-0.2, -0.15) is 0 Å². The van der Waals surface area contributed by atoms with Crippen molar-refractivity contribution in [3.8, 4) is 5.75 Å². The molecule has 2 N–H and O–H groups in total. The van der Waals surface area contributed by atoms with Crippen LogP contribution in [0.2, 0.25) is 0 Å². The van der Waals surface area contributed by atoms with Crippen LogP contribution in [0, 0.1) is 6.92 Å². The molecule has 0 bridgehead atoms. The molecule has 0 aliphatic rings. The van der Waals surface area contributed by atoms with Crippen LogP contribution in [0.25, 0.3) is 0 Å². The van der Waals surface area contributed by atoms with Gasteiger partial charge >= 0.3 is 0 Å². The Morgan fingerprint density at radius 2 is 2.12 bits per heavy atom. The molecule has 0 saturated carbocycles. The van der Waals surface area contributed by atoms with Crippen LogP contribution in [0.4, 0.5) is 0 Å². The summed E-state index contributed by atoms with van der Waals surface area (Å²) in [5.41, 5.74) is 2.12. The Hall–Kier alpha value is -1.06. The molecule has 3 heteroatoms. The summed E-state index contributed by atoms with van der Waals surface area (Å²) in [6.45, 7) is 8.50. The molecule has 0 radical (unpaired) electrons. The Morgan fingerprint density at radius 1 is 1.35 bits per heavy atom. The van der Waals surface area contributed by atoms with E-state index >= 15 is 0 Å². The van der Waals surface area contributed by atoms with E-state index in [1.165, 1.54) is 5.56 Å². The Morgan fingerprint density at radius 3 is 2.82 bits per heavy atom. The molecule has 3 nitrogen and oxygen atoms in total. The van der Waals surface area contributed by atoms with Crippen LogP contribution in [-0.4, -0.2) is 24.4 Å². The lowest BCUT2D eigenvalue weighted by atomic mass is 10.1. The van der Waals surface area contributed by atoms with Crippen molar-refractivity contribution in [2.24, 2.45) is 0 Å². The predicted molar refractivity (Wildman–Crippen MR) is 70.3 cm³/mol. The quantitative estimate of drug-likeness (QED) is 0.716. The number of hydrogen-bond donors (Lipinski definition) is 2. The standard InChI is InChI=1S/C14H23NO2/c1-11(2)17-8-4-7-15-10-13-9-12(3)5-6-14(13)16/h5-6,9,11,15-16H,4,7-8,10H2,1-3H3. The van der Waals surface area contributed by atoms with Crippen molar-refractivity contribution in [1.29, 1.82) is 0 Å². The zero-order valence-electron chi connectivity index (χ0n) is 11.0. The molecule has 0 atom stereocenters. The third-order valence-electron chi connectivity index (χ3n) is 2.50. The maximum atomic E-state index is 9.65. The highest BCUT2D eigenvalue weighted by Gasteiger charge is 2.00. The molecule has 1 aromatic rings. The van der Waals surface area contributed by atoms with E-state index in [0.717, 1.165) is 25.1 Å². The van der Waals surface area contributed by atoms with Gasteiger partial charge in [0.2, 0.25) is 0 Å². The Labute approximate surface area is 104 Å². The van der Waals surface area contributed by atoms with Crippen molar-refractivity contribution in [2.75, 3.05) is 13.2 Å². The minimum Gasteiger partial charge on any atom is -0.508 e. The molecule has 0 aliphatic carbocycles. The average molecular weight is 237 g/mol. The van der Waals surface area contributed by atoms with Gasteiger partial charge in [0.25, 0.3) is 0 Å². The van der Waals surface area contributed by atoms with E-state index in [2.05, 4.69) is 5.32 Å². The second kappa shape index (κ2) is 7.30. The van der Waals surface area contributed by atoms with Crippen molar-refractivity contribution in [3.63, 3.8) is 0 Å². The van der Waals surface area contributed by atoms with Gasteiger partial charge in [0, 0.05) is 18.7 Å². The van der Waals surface area contributed by atoms with Gasteiger partial charge in [-0.05, 0) is 39.8 Å². The molecule has 1 rings (SSSR count). The molecule has 0 aromatic heterocycles. The molecular formula is C14H23NO2. The summed E-state index contributed by atoms with van der Waals surface area (Å²) in [4.78, 5) is 0. The molecular weight excluding hydrogens is 214 g/mol. The minimum absolute atomic E-state index is 0.302. The van der Waals surface area contributed by atoms with E-state index in [-0.39, 0.29) is 0 Å². The van der Waals surface area contributed by atoms with Gasteiger partial charge in [-0.3, -0.25) is 0 Å². The lowest BCUT2D eigenvalue weighted by Crippen LogP contribution is -2.17. The highest BCUT2D eigenvalue weighted by Crippen LogP contribution is 2.17. The lowest BCUT2D eigenvalue weighted by Gasteiger charge is -2.09. The Bertz CT molecular complexity index is 337. The van der Waals surface area contributed by atoms with E-state index in [9.17, 15) is 5.11 Å². The highest BCUT2D eigenvalue weighted by molar-refractivity contribution is 5.35. The summed E-state index contributed by atoms with van der Waals surface area (Å²) in [6.07, 6.45) is 1.29. The number of rotatable bonds is 7. The Balaban J connectivity index is 2.20. The first-order chi connectivity index (χ1) is 8.09. The van der Waals surface area contributed by atoms with E-state index in [1.807, 2.05) is 32.9 Å². The summed E-state index contributed by atoms with van der Waals surface area (Å²) in [7, 11) is 0. The van der Waals surface area contributed by atoms with Crippen LogP contribution in [0.3, 0.4) is 0 Å². The van der Waals surface area contributed by atoms with Gasteiger partial charge in [0.1, 0.15) is 5.75 Å². The third-order valence-corrected chi connectivity index (χ3v) is 2.50. The molecule has 0 aliphatic heterocycles. The summed E-state index contributed by atoms with van der Waals surface area (Å²) in [6, 6.07) is 5.66. The smallest absolute Gasteiger partial charge is 0.120 e. The Kier molecular flexibility index (Phi) is 6.01. The number of aryl methyl sites for hydroxylation is 1. The molecule has 96 valence electrons. The summed E-state index contributed by atoms with van der Waals surface area (Å²) in [5.74, 6) is 0.363. The summed E-state index contributed by atoms with van der Waals surface area (Å²) in [5, 5.41) is 12.9. The number of aromatic hydroxyl groups is 1. The summed E-state index contributed by atoms with van der Waals surface area (Å²) >= 11 is 0. The first-order valence-electron chi connectivity index (χ1n) is 6.20. The zero-order valence-corrected chi connectivity index (χ0v) is 11.0. The molecule has 0 spiro atoms. The van der Waals surface area contributed by atoms with E-state index in [4.69, 9.17) is 4.74 Å².